The van der Waals surface area contributed by atoms with Gasteiger partial charge in [-0.15, -0.1) is 0 Å². The highest BCUT2D eigenvalue weighted by molar-refractivity contribution is 5.88. The smallest absolute Gasteiger partial charge is 0.338 e. The zero-order valence-electron chi connectivity index (χ0n) is 13.1. The number of hydrogen-bond donors (Lipinski definition) is 1. The van der Waals surface area contributed by atoms with Crippen LogP contribution in [0.15, 0.2) is 12.1 Å². The molecule has 1 fully saturated rings. The minimum Gasteiger partial charge on any atom is -0.478 e. The second-order valence-corrected chi connectivity index (χ2v) is 6.60. The molecule has 3 rings (SSSR count). The summed E-state index contributed by atoms with van der Waals surface area (Å²) in [7, 11) is 0. The van der Waals surface area contributed by atoms with E-state index in [0.29, 0.717) is 38.3 Å². The van der Waals surface area contributed by atoms with Crippen LogP contribution < -0.4 is 0 Å². The summed E-state index contributed by atoms with van der Waals surface area (Å²) in [4.78, 5) is 25.6. The Morgan fingerprint density at radius 2 is 2.13 bits per heavy atom. The van der Waals surface area contributed by atoms with Crippen LogP contribution in [0.25, 0.3) is 0 Å². The van der Waals surface area contributed by atoms with Gasteiger partial charge in [0.25, 0.3) is 0 Å². The van der Waals surface area contributed by atoms with Crippen LogP contribution in [-0.4, -0.2) is 41.6 Å². The summed E-state index contributed by atoms with van der Waals surface area (Å²) in [5.41, 5.74) is 0.626. The SMILES string of the molecule is CC1(C(=O)N2CCc3cc(F)c(C(=O)O)cc3C2)CCCOC1. The van der Waals surface area contributed by atoms with Gasteiger partial charge in [0.05, 0.1) is 17.6 Å². The maximum atomic E-state index is 13.8. The van der Waals surface area contributed by atoms with Gasteiger partial charge in [-0.2, -0.15) is 0 Å². The number of carboxylic acids is 1. The van der Waals surface area contributed by atoms with E-state index >= 15 is 0 Å². The Morgan fingerprint density at radius 3 is 2.78 bits per heavy atom. The van der Waals surface area contributed by atoms with E-state index in [0.717, 1.165) is 18.4 Å². The normalized spacial score (nSPS) is 24.2. The number of hydrogen-bond acceptors (Lipinski definition) is 3. The summed E-state index contributed by atoms with van der Waals surface area (Å²) >= 11 is 0. The second-order valence-electron chi connectivity index (χ2n) is 6.60. The number of rotatable bonds is 2. The molecule has 2 aliphatic rings. The molecule has 1 aromatic carbocycles. The van der Waals surface area contributed by atoms with Crippen LogP contribution in [0.1, 0.15) is 41.3 Å². The van der Waals surface area contributed by atoms with Crippen molar-refractivity contribution in [1.29, 1.82) is 0 Å². The highest BCUT2D eigenvalue weighted by atomic mass is 19.1. The molecule has 5 nitrogen and oxygen atoms in total. The summed E-state index contributed by atoms with van der Waals surface area (Å²) in [6, 6.07) is 2.64. The highest BCUT2D eigenvalue weighted by Gasteiger charge is 2.39. The largest absolute Gasteiger partial charge is 0.478 e. The van der Waals surface area contributed by atoms with Crippen molar-refractivity contribution in [2.75, 3.05) is 19.8 Å². The van der Waals surface area contributed by atoms with Crippen LogP contribution in [0, 0.1) is 11.2 Å². The number of carbonyl (C=O) groups is 2. The van der Waals surface area contributed by atoms with Crippen molar-refractivity contribution in [2.45, 2.75) is 32.7 Å². The van der Waals surface area contributed by atoms with E-state index in [-0.39, 0.29) is 11.5 Å². The zero-order valence-corrected chi connectivity index (χ0v) is 13.1. The van der Waals surface area contributed by atoms with Crippen molar-refractivity contribution in [1.82, 2.24) is 4.90 Å². The van der Waals surface area contributed by atoms with Gasteiger partial charge in [0, 0.05) is 19.7 Å². The summed E-state index contributed by atoms with van der Waals surface area (Å²) < 4.78 is 19.2. The third kappa shape index (κ3) is 2.95. The lowest BCUT2D eigenvalue weighted by Gasteiger charge is -2.39. The van der Waals surface area contributed by atoms with Crippen molar-refractivity contribution in [3.8, 4) is 0 Å². The Balaban J connectivity index is 1.83. The molecule has 0 aliphatic carbocycles. The second kappa shape index (κ2) is 5.92. The van der Waals surface area contributed by atoms with Crippen molar-refractivity contribution in [3.05, 3.63) is 34.6 Å². The Kier molecular flexibility index (Phi) is 4.10. The predicted octanol–water partition coefficient (Wildman–Crippen LogP) is 2.23. The molecule has 23 heavy (non-hydrogen) atoms. The quantitative estimate of drug-likeness (QED) is 0.907. The van der Waals surface area contributed by atoms with Gasteiger partial charge in [0.15, 0.2) is 0 Å². The molecule has 1 aromatic rings. The highest BCUT2D eigenvalue weighted by Crippen LogP contribution is 2.32. The monoisotopic (exact) mass is 321 g/mol. The van der Waals surface area contributed by atoms with Crippen molar-refractivity contribution >= 4 is 11.9 Å². The molecule has 1 atom stereocenters. The van der Waals surface area contributed by atoms with Crippen LogP contribution >= 0.6 is 0 Å². The third-order valence-electron chi connectivity index (χ3n) is 4.77. The summed E-state index contributed by atoms with van der Waals surface area (Å²) in [6.45, 7) is 3.86. The number of carboxylic acid groups (broad SMARTS) is 1. The Hall–Kier alpha value is -1.95. The van der Waals surface area contributed by atoms with Crippen LogP contribution in [0.2, 0.25) is 0 Å². The number of halogens is 1. The number of aromatic carboxylic acids is 1. The fourth-order valence-electron chi connectivity index (χ4n) is 3.40. The van der Waals surface area contributed by atoms with Crippen molar-refractivity contribution < 1.29 is 23.8 Å². The molecule has 0 aromatic heterocycles. The lowest BCUT2D eigenvalue weighted by Crippen LogP contribution is -2.48. The first-order valence-electron chi connectivity index (χ1n) is 7.82. The zero-order chi connectivity index (χ0) is 16.6. The molecule has 0 saturated carbocycles. The topological polar surface area (TPSA) is 66.8 Å². The van der Waals surface area contributed by atoms with E-state index in [2.05, 4.69) is 0 Å². The van der Waals surface area contributed by atoms with E-state index in [1.54, 1.807) is 4.90 Å². The van der Waals surface area contributed by atoms with E-state index < -0.39 is 17.2 Å². The first-order valence-corrected chi connectivity index (χ1v) is 7.82. The van der Waals surface area contributed by atoms with Gasteiger partial charge in [0.2, 0.25) is 5.91 Å². The van der Waals surface area contributed by atoms with Crippen molar-refractivity contribution in [2.24, 2.45) is 5.41 Å². The van der Waals surface area contributed by atoms with E-state index in [4.69, 9.17) is 9.84 Å². The molecule has 1 saturated heterocycles. The molecule has 1 unspecified atom stereocenters. The third-order valence-corrected chi connectivity index (χ3v) is 4.77. The lowest BCUT2D eigenvalue weighted by molar-refractivity contribution is -0.149. The molecule has 6 heteroatoms. The standard InChI is InChI=1S/C17H20FNO4/c1-17(4-2-6-23-10-17)16(22)19-5-3-11-8-14(18)13(15(20)21)7-12(11)9-19/h7-8H,2-6,9-10H2,1H3,(H,20,21). The van der Waals surface area contributed by atoms with E-state index in [1.807, 2.05) is 6.92 Å². The summed E-state index contributed by atoms with van der Waals surface area (Å²) in [5, 5.41) is 9.05. The number of amides is 1. The molecule has 2 heterocycles. The molecule has 0 radical (unpaired) electrons. The molecule has 0 bridgehead atoms. The Labute approximate surface area is 134 Å². The number of carbonyl (C=O) groups excluding carboxylic acids is 1. The average Bonchev–Trinajstić information content (AvgIpc) is 2.53. The molecule has 0 spiro atoms. The van der Waals surface area contributed by atoms with E-state index in [1.165, 1.54) is 12.1 Å². The summed E-state index contributed by atoms with van der Waals surface area (Å²) in [5.74, 6) is -1.98. The van der Waals surface area contributed by atoms with Gasteiger partial charge < -0.3 is 14.7 Å². The van der Waals surface area contributed by atoms with Gasteiger partial charge >= 0.3 is 5.97 Å². The average molecular weight is 321 g/mol. The fraction of sp³-hybridized carbons (Fsp3) is 0.529. The van der Waals surface area contributed by atoms with Crippen LogP contribution in [0.3, 0.4) is 0 Å². The first kappa shape index (κ1) is 15.9. The fourth-order valence-corrected chi connectivity index (χ4v) is 3.40. The van der Waals surface area contributed by atoms with Gasteiger partial charge in [0.1, 0.15) is 5.82 Å². The first-order chi connectivity index (χ1) is 10.9. The molecule has 124 valence electrons. The van der Waals surface area contributed by atoms with Crippen molar-refractivity contribution in [3.63, 3.8) is 0 Å². The molecule has 1 amide bonds. The molecular weight excluding hydrogens is 301 g/mol. The maximum absolute atomic E-state index is 13.8. The number of ether oxygens (including phenoxy) is 1. The van der Waals surface area contributed by atoms with E-state index in [9.17, 15) is 14.0 Å². The number of fused-ring (bicyclic) bond motifs is 1. The Bertz CT molecular complexity index is 652. The van der Waals surface area contributed by atoms with Gasteiger partial charge in [-0.05, 0) is 49.4 Å². The predicted molar refractivity (Wildman–Crippen MR) is 80.6 cm³/mol. The molecular formula is C17H20FNO4. The Morgan fingerprint density at radius 1 is 1.35 bits per heavy atom. The van der Waals surface area contributed by atoms with Gasteiger partial charge in [-0.1, -0.05) is 0 Å². The number of benzene rings is 1. The number of nitrogens with zero attached hydrogens (tertiary/aromatic N) is 1. The maximum Gasteiger partial charge on any atom is 0.338 e. The lowest BCUT2D eigenvalue weighted by atomic mass is 9.82. The van der Waals surface area contributed by atoms with Crippen LogP contribution in [0.5, 0.6) is 0 Å². The van der Waals surface area contributed by atoms with Crippen LogP contribution in [0.4, 0.5) is 4.39 Å². The minimum atomic E-state index is -1.29. The van der Waals surface area contributed by atoms with Gasteiger partial charge in [-0.3, -0.25) is 4.79 Å². The molecule has 2 aliphatic heterocycles. The minimum absolute atomic E-state index is 0.0315. The molecule has 1 N–H and O–H groups in total. The summed E-state index contributed by atoms with van der Waals surface area (Å²) in [6.07, 6.45) is 2.19. The van der Waals surface area contributed by atoms with Crippen LogP contribution in [-0.2, 0) is 22.5 Å². The van der Waals surface area contributed by atoms with Gasteiger partial charge in [-0.25, -0.2) is 9.18 Å².